The van der Waals surface area contributed by atoms with Gasteiger partial charge in [0.25, 0.3) is 0 Å². The lowest BCUT2D eigenvalue weighted by molar-refractivity contribution is -0.221. The molecule has 1 saturated heterocycles. The van der Waals surface area contributed by atoms with Gasteiger partial charge in [-0.1, -0.05) is 64.5 Å². The zero-order valence-corrected chi connectivity index (χ0v) is 23.0. The molecule has 2 amide bonds. The predicted octanol–water partition coefficient (Wildman–Crippen LogP) is 2.55. The van der Waals surface area contributed by atoms with E-state index in [1.807, 2.05) is 48.5 Å². The molecule has 1 fully saturated rings. The van der Waals surface area contributed by atoms with E-state index < -0.39 is 70.9 Å². The van der Waals surface area contributed by atoms with Gasteiger partial charge in [0.15, 0.2) is 12.2 Å². The first kappa shape index (κ1) is 27.0. The van der Waals surface area contributed by atoms with Gasteiger partial charge in [-0.2, -0.15) is 0 Å². The minimum atomic E-state index is -1.32. The van der Waals surface area contributed by atoms with Crippen molar-refractivity contribution in [2.45, 2.75) is 62.0 Å². The Morgan fingerprint density at radius 1 is 0.769 bits per heavy atom. The summed E-state index contributed by atoms with van der Waals surface area (Å²) in [6, 6.07) is 13.4. The van der Waals surface area contributed by atoms with Gasteiger partial charge in [0, 0.05) is 20.8 Å². The van der Waals surface area contributed by atoms with Crippen molar-refractivity contribution >= 4 is 45.7 Å². The summed E-state index contributed by atoms with van der Waals surface area (Å²) in [7, 11) is 0. The molecule has 0 N–H and O–H groups in total. The molecule has 0 spiro atoms. The van der Waals surface area contributed by atoms with Crippen molar-refractivity contribution in [2.75, 3.05) is 6.61 Å². The van der Waals surface area contributed by atoms with Crippen LogP contribution in [0.5, 0.6) is 0 Å². The molecule has 6 rings (SSSR count). The topological polar surface area (TPSA) is 126 Å². The highest BCUT2D eigenvalue weighted by Crippen LogP contribution is 2.49. The Morgan fingerprint density at radius 2 is 1.21 bits per heavy atom. The summed E-state index contributed by atoms with van der Waals surface area (Å²) in [5.41, 5.74) is 2.88. The number of imide groups is 1. The van der Waals surface area contributed by atoms with Gasteiger partial charge in [0.2, 0.25) is 11.8 Å². The fourth-order valence-electron chi connectivity index (χ4n) is 5.76. The summed E-state index contributed by atoms with van der Waals surface area (Å²) >= 11 is 3.43. The van der Waals surface area contributed by atoms with Gasteiger partial charge in [0.05, 0.1) is 11.8 Å². The standard InChI is InChI=1S/C28H26BrNO9/c1-13(31)36-12-20-24(37-14(2)32)25(38-15(3)33)23(26(29)39-20)30-27(34)21-16-8-4-5-9-17(16)22(28(30)35)19-11-7-6-10-18(19)21/h4-11,20-26H,12H2,1-3H3/t20-,21?,22?,23-,24-,25-,26+/m1/s1. The van der Waals surface area contributed by atoms with Crippen LogP contribution in [0.3, 0.4) is 0 Å². The molecule has 11 heteroatoms. The van der Waals surface area contributed by atoms with Gasteiger partial charge in [-0.15, -0.1) is 0 Å². The smallest absolute Gasteiger partial charge is 0.303 e. The molecular weight excluding hydrogens is 574 g/mol. The minimum absolute atomic E-state index is 0.316. The highest BCUT2D eigenvalue weighted by atomic mass is 79.9. The summed E-state index contributed by atoms with van der Waals surface area (Å²) in [6.07, 6.45) is -3.65. The molecule has 3 aliphatic heterocycles. The largest absolute Gasteiger partial charge is 0.463 e. The molecule has 5 atom stereocenters. The van der Waals surface area contributed by atoms with Crippen LogP contribution in [-0.4, -0.2) is 70.6 Å². The van der Waals surface area contributed by atoms with Crippen LogP contribution >= 0.6 is 15.9 Å². The summed E-state index contributed by atoms with van der Waals surface area (Å²) in [5.74, 6) is -4.65. The maximum absolute atomic E-state index is 14.4. The number of fused-ring (bicyclic) bond motifs is 2. The van der Waals surface area contributed by atoms with Gasteiger partial charge in [0.1, 0.15) is 23.8 Å². The van der Waals surface area contributed by atoms with Crippen LogP contribution in [-0.2, 0) is 42.9 Å². The van der Waals surface area contributed by atoms with E-state index in [2.05, 4.69) is 15.9 Å². The molecule has 1 aliphatic carbocycles. The van der Waals surface area contributed by atoms with Crippen LogP contribution in [0.25, 0.3) is 0 Å². The molecular formula is C28H26BrNO9. The first-order valence-corrected chi connectivity index (χ1v) is 13.3. The van der Waals surface area contributed by atoms with Crippen molar-refractivity contribution in [3.8, 4) is 0 Å². The van der Waals surface area contributed by atoms with Crippen molar-refractivity contribution in [1.82, 2.24) is 4.90 Å². The number of hydrogen-bond acceptors (Lipinski definition) is 9. The number of amides is 2. The van der Waals surface area contributed by atoms with Crippen molar-refractivity contribution < 1.29 is 42.9 Å². The van der Waals surface area contributed by atoms with E-state index in [0.29, 0.717) is 0 Å². The minimum Gasteiger partial charge on any atom is -0.463 e. The molecule has 0 aromatic heterocycles. The maximum Gasteiger partial charge on any atom is 0.303 e. The van der Waals surface area contributed by atoms with E-state index in [-0.39, 0.29) is 6.61 Å². The Hall–Kier alpha value is -3.57. The molecule has 0 saturated carbocycles. The van der Waals surface area contributed by atoms with Gasteiger partial charge in [-0.05, 0) is 22.3 Å². The third-order valence-corrected chi connectivity index (χ3v) is 7.92. The SMILES string of the molecule is CC(=O)OC[C@H]1O[C@H](Br)[C@H](N2C(=O)C3c4ccccc4C(C2=O)c2ccccc23)[C@@H](OC(C)=O)[C@@H]1OC(C)=O. The molecule has 4 aliphatic rings. The zero-order valence-electron chi connectivity index (χ0n) is 21.4. The third-order valence-electron chi connectivity index (χ3n) is 7.16. The molecule has 0 unspecified atom stereocenters. The van der Waals surface area contributed by atoms with Crippen LogP contribution in [0, 0.1) is 0 Å². The number of benzene rings is 2. The van der Waals surface area contributed by atoms with E-state index in [0.717, 1.165) is 27.2 Å². The highest BCUT2D eigenvalue weighted by molar-refractivity contribution is 9.09. The molecule has 3 heterocycles. The van der Waals surface area contributed by atoms with Gasteiger partial charge < -0.3 is 18.9 Å². The van der Waals surface area contributed by atoms with E-state index in [4.69, 9.17) is 18.9 Å². The van der Waals surface area contributed by atoms with Crippen LogP contribution in [0.4, 0.5) is 0 Å². The van der Waals surface area contributed by atoms with Crippen molar-refractivity contribution in [2.24, 2.45) is 0 Å². The van der Waals surface area contributed by atoms with E-state index in [1.165, 1.54) is 20.8 Å². The van der Waals surface area contributed by atoms with E-state index in [1.54, 1.807) is 0 Å². The number of nitrogens with zero attached hydrogens (tertiary/aromatic N) is 1. The summed E-state index contributed by atoms with van der Waals surface area (Å²) in [4.78, 5) is 65.7. The lowest BCUT2D eigenvalue weighted by Gasteiger charge is -2.46. The second kappa shape index (κ2) is 10.5. The first-order valence-electron chi connectivity index (χ1n) is 12.4. The molecule has 0 radical (unpaired) electrons. The van der Waals surface area contributed by atoms with Gasteiger partial charge in [-0.3, -0.25) is 28.9 Å². The highest BCUT2D eigenvalue weighted by Gasteiger charge is 2.58. The second-order valence-electron chi connectivity index (χ2n) is 9.64. The van der Waals surface area contributed by atoms with E-state index >= 15 is 0 Å². The van der Waals surface area contributed by atoms with Crippen molar-refractivity contribution in [3.05, 3.63) is 70.8 Å². The Kier molecular flexibility index (Phi) is 7.30. The Bertz CT molecular complexity index is 1250. The number of alkyl halides is 1. The number of hydrogen-bond donors (Lipinski definition) is 0. The quantitative estimate of drug-likeness (QED) is 0.220. The molecule has 2 bridgehead atoms. The Labute approximate surface area is 232 Å². The average Bonchev–Trinajstić information content (AvgIpc) is 3.03. The predicted molar refractivity (Wildman–Crippen MR) is 138 cm³/mol. The molecule has 2 aromatic carbocycles. The number of carbonyl (C=O) groups excluding carboxylic acids is 5. The summed E-state index contributed by atoms with van der Waals surface area (Å²) < 4.78 is 22.3. The molecule has 10 nitrogen and oxygen atoms in total. The second-order valence-corrected chi connectivity index (χ2v) is 10.5. The van der Waals surface area contributed by atoms with Crippen LogP contribution in [0.1, 0.15) is 54.9 Å². The third kappa shape index (κ3) is 4.74. The number of carbonyl (C=O) groups is 5. The molecule has 204 valence electrons. The summed E-state index contributed by atoms with van der Waals surface area (Å²) in [5, 5.41) is -1.05. The van der Waals surface area contributed by atoms with Crippen molar-refractivity contribution in [1.29, 1.82) is 0 Å². The number of ether oxygens (including phenoxy) is 4. The molecule has 2 aromatic rings. The van der Waals surface area contributed by atoms with Gasteiger partial charge >= 0.3 is 17.9 Å². The van der Waals surface area contributed by atoms with Crippen LogP contribution in [0.15, 0.2) is 48.5 Å². The van der Waals surface area contributed by atoms with Crippen LogP contribution < -0.4 is 0 Å². The molecule has 39 heavy (non-hydrogen) atoms. The van der Waals surface area contributed by atoms with E-state index in [9.17, 15) is 24.0 Å². The Balaban J connectivity index is 1.63. The van der Waals surface area contributed by atoms with Crippen molar-refractivity contribution in [3.63, 3.8) is 0 Å². The number of rotatable bonds is 5. The zero-order chi connectivity index (χ0) is 28.0. The Morgan fingerprint density at radius 3 is 1.62 bits per heavy atom. The fraction of sp³-hybridized carbons (Fsp3) is 0.393. The monoisotopic (exact) mass is 599 g/mol. The fourth-order valence-corrected chi connectivity index (χ4v) is 6.58. The number of halogens is 1. The van der Waals surface area contributed by atoms with Gasteiger partial charge in [-0.25, -0.2) is 0 Å². The lowest BCUT2D eigenvalue weighted by atomic mass is 9.73. The van der Waals surface area contributed by atoms with Crippen LogP contribution in [0.2, 0.25) is 0 Å². The lowest BCUT2D eigenvalue weighted by Crippen LogP contribution is -2.67. The average molecular weight is 600 g/mol. The number of esters is 3. The summed E-state index contributed by atoms with van der Waals surface area (Å²) in [6.45, 7) is 3.23. The normalized spacial score (nSPS) is 29.1. The maximum atomic E-state index is 14.4. The first-order chi connectivity index (χ1) is 18.6.